The second kappa shape index (κ2) is 5.18. The van der Waals surface area contributed by atoms with Gasteiger partial charge in [-0.15, -0.1) is 0 Å². The van der Waals surface area contributed by atoms with Crippen LogP contribution in [0.4, 0.5) is 5.82 Å². The maximum Gasteiger partial charge on any atom is 0.260 e. The van der Waals surface area contributed by atoms with Crippen molar-refractivity contribution in [2.45, 2.75) is 46.1 Å². The molecule has 0 saturated heterocycles. The van der Waals surface area contributed by atoms with Crippen LogP contribution in [0.25, 0.3) is 5.65 Å². The molecule has 0 aromatic carbocycles. The summed E-state index contributed by atoms with van der Waals surface area (Å²) in [6.45, 7) is 6.89. The second-order valence-electron chi connectivity index (χ2n) is 6.89. The zero-order valence-electron chi connectivity index (χ0n) is 12.8. The van der Waals surface area contributed by atoms with Crippen LogP contribution in [0.1, 0.15) is 40.0 Å². The average Bonchev–Trinajstić information content (AvgIpc) is 2.84. The van der Waals surface area contributed by atoms with Gasteiger partial charge in [0.15, 0.2) is 5.82 Å². The predicted molar refractivity (Wildman–Crippen MR) is 82.0 cm³/mol. The van der Waals surface area contributed by atoms with Gasteiger partial charge in [-0.1, -0.05) is 20.8 Å². The molecule has 2 heterocycles. The molecule has 2 unspecified atom stereocenters. The summed E-state index contributed by atoms with van der Waals surface area (Å²) in [5, 5.41) is 0. The number of hydrazine groups is 1. The summed E-state index contributed by atoms with van der Waals surface area (Å²) in [4.78, 5) is 8.74. The first-order valence-electron chi connectivity index (χ1n) is 7.44. The summed E-state index contributed by atoms with van der Waals surface area (Å²) in [6, 6.07) is 0. The fraction of sp³-hybridized carbons (Fsp3) is 0.600. The van der Waals surface area contributed by atoms with E-state index >= 15 is 0 Å². The molecule has 6 heteroatoms. The van der Waals surface area contributed by atoms with E-state index in [1.807, 2.05) is 10.6 Å². The molecular formula is C15H23N5O. The Balaban J connectivity index is 1.88. The van der Waals surface area contributed by atoms with Crippen molar-refractivity contribution in [3.05, 3.63) is 18.6 Å². The van der Waals surface area contributed by atoms with E-state index in [-0.39, 0.29) is 6.10 Å². The lowest BCUT2D eigenvalue weighted by atomic mass is 9.71. The van der Waals surface area contributed by atoms with Crippen LogP contribution < -0.4 is 16.0 Å². The second-order valence-corrected chi connectivity index (χ2v) is 6.89. The number of ether oxygens (including phenoxy) is 1. The van der Waals surface area contributed by atoms with Crippen LogP contribution >= 0.6 is 0 Å². The summed E-state index contributed by atoms with van der Waals surface area (Å²) in [5.41, 5.74) is 3.60. The highest BCUT2D eigenvalue weighted by Crippen LogP contribution is 2.40. The monoisotopic (exact) mass is 289 g/mol. The molecule has 0 spiro atoms. The Hall–Kier alpha value is -1.82. The third-order valence-electron chi connectivity index (χ3n) is 4.12. The minimum absolute atomic E-state index is 0.171. The smallest absolute Gasteiger partial charge is 0.260 e. The van der Waals surface area contributed by atoms with Crippen molar-refractivity contribution in [2.75, 3.05) is 5.43 Å². The highest BCUT2D eigenvalue weighted by Gasteiger charge is 2.33. The van der Waals surface area contributed by atoms with Crippen LogP contribution in [0.15, 0.2) is 18.6 Å². The summed E-state index contributed by atoms with van der Waals surface area (Å²) in [5.74, 6) is 7.25. The van der Waals surface area contributed by atoms with Crippen molar-refractivity contribution in [1.29, 1.82) is 0 Å². The highest BCUT2D eigenvalue weighted by atomic mass is 16.5. The van der Waals surface area contributed by atoms with Gasteiger partial charge in [-0.25, -0.2) is 10.8 Å². The van der Waals surface area contributed by atoms with Crippen molar-refractivity contribution >= 4 is 11.5 Å². The molecule has 1 saturated carbocycles. The van der Waals surface area contributed by atoms with Gasteiger partial charge in [0.1, 0.15) is 6.10 Å². The molecule has 21 heavy (non-hydrogen) atoms. The van der Waals surface area contributed by atoms with E-state index in [2.05, 4.69) is 36.2 Å². The summed E-state index contributed by atoms with van der Waals surface area (Å²) < 4.78 is 8.06. The van der Waals surface area contributed by atoms with Gasteiger partial charge < -0.3 is 10.2 Å². The zero-order chi connectivity index (χ0) is 15.0. The normalized spacial score (nSPS) is 25.0. The lowest BCUT2D eigenvalue weighted by Gasteiger charge is -2.38. The van der Waals surface area contributed by atoms with Gasteiger partial charge in [0.25, 0.3) is 5.88 Å². The Morgan fingerprint density at radius 3 is 2.95 bits per heavy atom. The maximum atomic E-state index is 6.19. The highest BCUT2D eigenvalue weighted by molar-refractivity contribution is 5.53. The Morgan fingerprint density at radius 2 is 2.24 bits per heavy atom. The van der Waals surface area contributed by atoms with Gasteiger partial charge in [-0.05, 0) is 30.6 Å². The number of hydrogen-bond donors (Lipinski definition) is 2. The van der Waals surface area contributed by atoms with Gasteiger partial charge >= 0.3 is 0 Å². The van der Waals surface area contributed by atoms with Crippen molar-refractivity contribution in [3.8, 4) is 5.88 Å². The van der Waals surface area contributed by atoms with Crippen LogP contribution in [-0.4, -0.2) is 20.5 Å². The molecule has 2 aromatic rings. The van der Waals surface area contributed by atoms with Crippen LogP contribution in [0.2, 0.25) is 0 Å². The largest absolute Gasteiger partial charge is 0.472 e. The van der Waals surface area contributed by atoms with E-state index in [9.17, 15) is 0 Å². The van der Waals surface area contributed by atoms with Crippen LogP contribution in [-0.2, 0) is 0 Å². The topological polar surface area (TPSA) is 77.5 Å². The third-order valence-corrected chi connectivity index (χ3v) is 4.12. The Kier molecular flexibility index (Phi) is 3.49. The summed E-state index contributed by atoms with van der Waals surface area (Å²) in [6.07, 6.45) is 8.89. The lowest BCUT2D eigenvalue weighted by molar-refractivity contribution is 0.0540. The number of aromatic nitrogens is 3. The van der Waals surface area contributed by atoms with Gasteiger partial charge in [-0.3, -0.25) is 4.40 Å². The maximum absolute atomic E-state index is 6.19. The molecule has 0 amide bonds. The van der Waals surface area contributed by atoms with Gasteiger partial charge in [-0.2, -0.15) is 4.98 Å². The Morgan fingerprint density at radius 1 is 1.43 bits per heavy atom. The molecule has 0 aliphatic heterocycles. The number of anilines is 1. The van der Waals surface area contributed by atoms with Crippen molar-refractivity contribution in [1.82, 2.24) is 14.4 Å². The molecule has 114 valence electrons. The number of rotatable bonds is 3. The first-order valence-corrected chi connectivity index (χ1v) is 7.44. The fourth-order valence-electron chi connectivity index (χ4n) is 3.56. The number of nitrogens with zero attached hydrogens (tertiary/aromatic N) is 3. The van der Waals surface area contributed by atoms with Crippen LogP contribution in [0.3, 0.4) is 0 Å². The van der Waals surface area contributed by atoms with E-state index in [0.29, 0.717) is 23.0 Å². The van der Waals surface area contributed by atoms with E-state index in [1.165, 1.54) is 6.42 Å². The molecule has 3 N–H and O–H groups in total. The first kappa shape index (κ1) is 14.1. The number of nitrogen functional groups attached to an aromatic ring is 1. The quantitative estimate of drug-likeness (QED) is 0.671. The van der Waals surface area contributed by atoms with E-state index in [4.69, 9.17) is 10.6 Å². The Labute approximate surface area is 124 Å². The van der Waals surface area contributed by atoms with Gasteiger partial charge in [0.05, 0.1) is 6.20 Å². The number of hydrogen-bond acceptors (Lipinski definition) is 5. The average molecular weight is 289 g/mol. The summed E-state index contributed by atoms with van der Waals surface area (Å²) >= 11 is 0. The molecule has 2 atom stereocenters. The lowest BCUT2D eigenvalue weighted by Crippen LogP contribution is -2.34. The molecule has 1 aliphatic carbocycles. The molecule has 1 aliphatic rings. The summed E-state index contributed by atoms with van der Waals surface area (Å²) in [7, 11) is 0. The minimum Gasteiger partial charge on any atom is -0.472 e. The van der Waals surface area contributed by atoms with E-state index in [0.717, 1.165) is 18.5 Å². The number of imidazole rings is 1. The first-order chi connectivity index (χ1) is 9.97. The molecule has 2 aromatic heterocycles. The van der Waals surface area contributed by atoms with E-state index in [1.54, 1.807) is 12.4 Å². The molecule has 0 radical (unpaired) electrons. The van der Waals surface area contributed by atoms with Crippen molar-refractivity contribution in [3.63, 3.8) is 0 Å². The third kappa shape index (κ3) is 2.95. The molecule has 6 nitrogen and oxygen atoms in total. The molecule has 3 rings (SSSR count). The number of fused-ring (bicyclic) bond motifs is 1. The van der Waals surface area contributed by atoms with E-state index < -0.39 is 0 Å². The fourth-order valence-corrected chi connectivity index (χ4v) is 3.56. The van der Waals surface area contributed by atoms with Crippen molar-refractivity contribution < 1.29 is 4.74 Å². The Bertz CT molecular complexity index is 636. The van der Waals surface area contributed by atoms with Crippen LogP contribution in [0, 0.1) is 11.3 Å². The van der Waals surface area contributed by atoms with Crippen LogP contribution in [0.5, 0.6) is 5.88 Å². The molecule has 1 fully saturated rings. The standard InChI is InChI=1S/C15H23N5O/c1-10-6-11(8-15(2,3)7-10)21-14-13-17-4-5-20(13)9-12(18-14)19-16/h4-5,9-11,19H,6-8,16H2,1-3H3. The molecular weight excluding hydrogens is 266 g/mol. The minimum atomic E-state index is 0.171. The van der Waals surface area contributed by atoms with Gasteiger partial charge in [0.2, 0.25) is 5.65 Å². The SMILES string of the molecule is CC1CC(Oc2nc(NN)cn3ccnc23)CC(C)(C)C1. The number of nitrogens with one attached hydrogen (secondary N) is 1. The zero-order valence-corrected chi connectivity index (χ0v) is 12.8. The predicted octanol–water partition coefficient (Wildman–Crippen LogP) is 2.61. The van der Waals surface area contributed by atoms with Crippen molar-refractivity contribution in [2.24, 2.45) is 17.2 Å². The molecule has 0 bridgehead atoms. The van der Waals surface area contributed by atoms with Gasteiger partial charge in [0, 0.05) is 12.4 Å². The number of nitrogens with two attached hydrogens (primary N) is 1.